The molecule has 140 valence electrons. The summed E-state index contributed by atoms with van der Waals surface area (Å²) in [6, 6.07) is 8.82. The highest BCUT2D eigenvalue weighted by Gasteiger charge is 2.49. The molecule has 9 heteroatoms. The van der Waals surface area contributed by atoms with E-state index in [0.717, 1.165) is 43.9 Å². The molecule has 0 radical (unpaired) electrons. The number of rotatable bonds is 1. The molecule has 0 aliphatic heterocycles. The molecule has 0 bridgehead atoms. The molecule has 3 rings (SSSR count). The van der Waals surface area contributed by atoms with Crippen LogP contribution < -0.4 is 33.8 Å². The summed E-state index contributed by atoms with van der Waals surface area (Å²) in [5.41, 5.74) is -4.15. The fourth-order valence-electron chi connectivity index (χ4n) is 3.23. The summed E-state index contributed by atoms with van der Waals surface area (Å²) < 4.78 is 75.5. The van der Waals surface area contributed by atoms with Crippen molar-refractivity contribution < 1.29 is 47.0 Å². The zero-order valence-electron chi connectivity index (χ0n) is 13.3. The van der Waals surface area contributed by atoms with E-state index in [-0.39, 0.29) is 5.92 Å². The first kappa shape index (κ1) is 20.8. The van der Waals surface area contributed by atoms with Gasteiger partial charge in [-0.3, -0.25) is 13.7 Å². The second kappa shape index (κ2) is 8.49. The molecule has 1 heterocycles. The van der Waals surface area contributed by atoms with Crippen molar-refractivity contribution in [3.63, 3.8) is 0 Å². The van der Waals surface area contributed by atoms with Gasteiger partial charge in [-0.15, -0.1) is 13.2 Å². The maximum absolute atomic E-state index is 13.5. The lowest BCUT2D eigenvalue weighted by atomic mass is 9.98. The lowest BCUT2D eigenvalue weighted by molar-refractivity contribution is -2.00. The van der Waals surface area contributed by atoms with Crippen LogP contribution in [-0.2, 0) is 5.51 Å². The fraction of sp³-hybridized carbons (Fsp3) is 0.500. The molecule has 1 saturated carbocycles. The minimum atomic E-state index is -5.94. The van der Waals surface area contributed by atoms with Crippen LogP contribution in [0.2, 0.25) is 0 Å². The van der Waals surface area contributed by atoms with Crippen LogP contribution in [0.1, 0.15) is 49.3 Å². The lowest BCUT2D eigenvalue weighted by Crippen LogP contribution is -4.29. The molecule has 1 aromatic heterocycles. The van der Waals surface area contributed by atoms with E-state index in [0.29, 0.717) is 9.58 Å². The highest BCUT2D eigenvalue weighted by Crippen LogP contribution is 2.54. The maximum atomic E-state index is 13.5. The first-order chi connectivity index (χ1) is 11.6. The van der Waals surface area contributed by atoms with Gasteiger partial charge < -0.3 is 0 Å². The van der Waals surface area contributed by atoms with Crippen molar-refractivity contribution in [1.29, 1.82) is 0 Å². The van der Waals surface area contributed by atoms with Crippen LogP contribution in [0.15, 0.2) is 30.3 Å². The lowest BCUT2D eigenvalue weighted by Gasteiger charge is -2.10. The molecule has 0 saturated heterocycles. The van der Waals surface area contributed by atoms with Crippen molar-refractivity contribution in [2.75, 3.05) is 0 Å². The first-order valence-electron chi connectivity index (χ1n) is 7.81. The fourth-order valence-corrected chi connectivity index (χ4v) is 5.39. The molecule has 4 nitrogen and oxygen atoms in total. The summed E-state index contributed by atoms with van der Waals surface area (Å²) in [6.07, 6.45) is 6.28. The van der Waals surface area contributed by atoms with E-state index in [2.05, 4.69) is 0 Å². The molecule has 1 fully saturated rings. The summed E-state index contributed by atoms with van der Waals surface area (Å²) in [7, 11) is -1.70. The van der Waals surface area contributed by atoms with E-state index in [4.69, 9.17) is 13.7 Å². The van der Waals surface area contributed by atoms with Crippen LogP contribution in [-0.4, -0.2) is 0 Å². The van der Waals surface area contributed by atoms with Crippen LogP contribution >= 0.6 is 10.5 Å². The summed E-state index contributed by atoms with van der Waals surface area (Å²) >= 11 is -5.94. The quantitative estimate of drug-likeness (QED) is 0.284. The van der Waals surface area contributed by atoms with Crippen molar-refractivity contribution in [3.05, 3.63) is 35.2 Å². The number of benzene rings is 1. The van der Waals surface area contributed by atoms with E-state index < -0.39 is 36.1 Å². The second-order valence-electron chi connectivity index (χ2n) is 5.90. The topological polar surface area (TPSA) is 92.2 Å². The van der Waals surface area contributed by atoms with Gasteiger partial charge in [0.15, 0.2) is 9.58 Å². The Kier molecular flexibility index (Phi) is 7.08. The highest BCUT2D eigenvalue weighted by atomic mass is 127. The Morgan fingerprint density at radius 2 is 1.44 bits per heavy atom. The zero-order chi connectivity index (χ0) is 18.7. The van der Waals surface area contributed by atoms with Gasteiger partial charge in [0.2, 0.25) is 0 Å². The van der Waals surface area contributed by atoms with E-state index in [1.807, 2.05) is 18.2 Å². The van der Waals surface area contributed by atoms with Crippen molar-refractivity contribution in [2.45, 2.75) is 50.0 Å². The summed E-state index contributed by atoms with van der Waals surface area (Å²) in [6.45, 7) is 0. The summed E-state index contributed by atoms with van der Waals surface area (Å²) in [5, 5.41) is 0.771. The normalized spacial score (nSPS) is 17.8. The van der Waals surface area contributed by atoms with Gasteiger partial charge in [-0.2, -0.15) is 0 Å². The molecule has 25 heavy (non-hydrogen) atoms. The van der Waals surface area contributed by atoms with E-state index >= 15 is 0 Å². The van der Waals surface area contributed by atoms with Crippen molar-refractivity contribution in [3.8, 4) is 0 Å². The predicted molar refractivity (Wildman–Crippen MR) is 78.2 cm³/mol. The molecular weight excluding hydrogens is 472 g/mol. The highest BCUT2D eigenvalue weighted by molar-refractivity contribution is 7.38. The van der Waals surface area contributed by atoms with Crippen LogP contribution in [0.5, 0.6) is 0 Å². The molecule has 0 amide bonds. The third-order valence-electron chi connectivity index (χ3n) is 4.16. The Morgan fingerprint density at radius 1 is 0.920 bits per heavy atom. The van der Waals surface area contributed by atoms with Crippen LogP contribution in [0, 0.1) is 0 Å². The van der Waals surface area contributed by atoms with Gasteiger partial charge in [0.1, 0.15) is 20.1 Å². The molecule has 1 aliphatic carbocycles. The van der Waals surface area contributed by atoms with Gasteiger partial charge in [0.05, 0.1) is 10.5 Å². The number of hydrogen-bond acceptors (Lipinski definition) is 4. The van der Waals surface area contributed by atoms with E-state index in [1.165, 1.54) is 0 Å². The second-order valence-corrected chi connectivity index (χ2v) is 10.0. The van der Waals surface area contributed by atoms with Crippen LogP contribution in [0.25, 0.3) is 10.1 Å². The van der Waals surface area contributed by atoms with Gasteiger partial charge in [0, 0.05) is 17.4 Å². The number of halogens is 4. The summed E-state index contributed by atoms with van der Waals surface area (Å²) in [4.78, 5) is 0.639. The molecule has 1 unspecified atom stereocenters. The Hall–Kier alpha value is -0.460. The molecular formula is C16H18F3IO4S. The molecule has 1 aromatic carbocycles. The maximum Gasteiger partial charge on any atom is 0.600 e. The van der Waals surface area contributed by atoms with Crippen molar-refractivity contribution in [1.82, 2.24) is 0 Å². The van der Waals surface area contributed by atoms with Crippen molar-refractivity contribution >= 4 is 20.6 Å². The molecule has 0 spiro atoms. The Bertz CT molecular complexity index is 683. The van der Waals surface area contributed by atoms with Gasteiger partial charge in [0.25, 0.3) is 0 Å². The van der Waals surface area contributed by atoms with Crippen molar-refractivity contribution in [2.24, 2.45) is 0 Å². The third kappa shape index (κ3) is 6.33. The average Bonchev–Trinajstić information content (AvgIpc) is 2.66. The molecule has 0 N–H and O–H groups in total. The van der Waals surface area contributed by atoms with Gasteiger partial charge in [-0.25, -0.2) is 0 Å². The minimum absolute atomic E-state index is 0.120. The Balaban J connectivity index is 0.000000399. The van der Waals surface area contributed by atoms with E-state index in [1.54, 1.807) is 12.1 Å². The smallest absolute Gasteiger partial charge is 0.286 e. The number of thiophene rings is 1. The van der Waals surface area contributed by atoms with Gasteiger partial charge in [-0.1, -0.05) is 37.8 Å². The zero-order valence-corrected chi connectivity index (χ0v) is 16.2. The standard InChI is InChI=1S/C16H18F3S.IO4/c17-16(18,19)20-14-10-6-5-9-13(14)11-15(20)12-7-3-1-2-4-8-12;2-1(3,4)5/h5-6,9-12H,1-4,7-8H2;/q+1;-1. The van der Waals surface area contributed by atoms with Crippen LogP contribution in [0.4, 0.5) is 13.2 Å². The largest absolute Gasteiger partial charge is 0.600 e. The average molecular weight is 490 g/mol. The first-order valence-corrected chi connectivity index (χ1v) is 12.6. The van der Waals surface area contributed by atoms with Crippen LogP contribution in [0.3, 0.4) is 0 Å². The van der Waals surface area contributed by atoms with E-state index in [9.17, 15) is 13.2 Å². The predicted octanol–water partition coefficient (Wildman–Crippen LogP) is -1.25. The number of hydrogen-bond donors (Lipinski definition) is 0. The number of fused-ring (bicyclic) bond motifs is 1. The minimum Gasteiger partial charge on any atom is -0.286 e. The number of alkyl halides is 3. The third-order valence-corrected chi connectivity index (χ3v) is 6.36. The van der Waals surface area contributed by atoms with Gasteiger partial charge in [-0.05, 0) is 25.0 Å². The molecule has 1 aliphatic rings. The SMILES string of the molecule is FC(F)(F)[s+]1c(C2CCCCCC2)cc2ccccc21.[O-][I+3]([O-])([O-])[O-]. The molecule has 2 aromatic rings. The Morgan fingerprint density at radius 3 is 1.96 bits per heavy atom. The Labute approximate surface area is 152 Å². The molecule has 1 atom stereocenters. The van der Waals surface area contributed by atoms with Gasteiger partial charge >= 0.3 is 5.51 Å². The summed E-state index contributed by atoms with van der Waals surface area (Å²) in [5.74, 6) is 0.120. The monoisotopic (exact) mass is 490 g/mol.